The highest BCUT2D eigenvalue weighted by molar-refractivity contribution is 6.21. The van der Waals surface area contributed by atoms with Crippen LogP contribution in [0.5, 0.6) is 0 Å². The summed E-state index contributed by atoms with van der Waals surface area (Å²) in [6.45, 7) is -0.677. The molecule has 3 rings (SSSR count). The topological polar surface area (TPSA) is 262 Å². The van der Waals surface area contributed by atoms with Crippen LogP contribution in [0.25, 0.3) is 0 Å². The summed E-state index contributed by atoms with van der Waals surface area (Å²) < 4.78 is 22.4. The molecule has 3 aliphatic rings. The molecule has 2 aliphatic heterocycles. The fourth-order valence-corrected chi connectivity index (χ4v) is 4.66. The van der Waals surface area contributed by atoms with E-state index in [0.29, 0.717) is 0 Å². The van der Waals surface area contributed by atoms with Gasteiger partial charge in [-0.15, -0.1) is 11.6 Å². The first-order valence-corrected chi connectivity index (χ1v) is 11.2. The first-order chi connectivity index (χ1) is 15.5. The van der Waals surface area contributed by atoms with Crippen LogP contribution in [-0.4, -0.2) is 135 Å². The summed E-state index contributed by atoms with van der Waals surface area (Å²) in [5.74, 6) is 0. The quantitative estimate of drug-likeness (QED) is 0.151. The summed E-state index contributed by atoms with van der Waals surface area (Å²) in [4.78, 5) is 0. The van der Waals surface area contributed by atoms with Gasteiger partial charge in [0.2, 0.25) is 0 Å². The molecule has 0 aromatic carbocycles. The van der Waals surface area contributed by atoms with E-state index in [1.165, 1.54) is 0 Å². The smallest absolute Gasteiger partial charge is 0.186 e. The first kappa shape index (κ1) is 27.3. The maximum absolute atomic E-state index is 11.0. The number of rotatable bonds is 6. The molecule has 1 aliphatic carbocycles. The normalized spacial score (nSPS) is 53.7. The standard InChI is InChI=1S/C18H35ClN4O10/c19-8-10(25)6(2-20)30-17(12(8)27)32-15-4(21)1-5(22)16(14(15)29)33-18-13(28)9(23)11(26)7(3-24)31-18/h4-18,24-29H,1-3,20-23H2. The predicted octanol–water partition coefficient (Wildman–Crippen LogP) is -6.04. The second kappa shape index (κ2) is 11.2. The summed E-state index contributed by atoms with van der Waals surface area (Å²) in [5, 5.41) is 60.0. The lowest BCUT2D eigenvalue weighted by atomic mass is 9.84. The number of ether oxygens (including phenoxy) is 4. The number of alkyl halides is 1. The fourth-order valence-electron chi connectivity index (χ4n) is 4.37. The van der Waals surface area contributed by atoms with Crippen LogP contribution < -0.4 is 22.9 Å². The molecule has 15 atom stereocenters. The predicted molar refractivity (Wildman–Crippen MR) is 111 cm³/mol. The van der Waals surface area contributed by atoms with Gasteiger partial charge in [-0.3, -0.25) is 0 Å². The summed E-state index contributed by atoms with van der Waals surface area (Å²) >= 11 is 6.07. The zero-order valence-electron chi connectivity index (χ0n) is 17.8. The number of hydrogen-bond donors (Lipinski definition) is 10. The van der Waals surface area contributed by atoms with Gasteiger partial charge in [0, 0.05) is 18.6 Å². The Hall–Kier alpha value is -0.270. The molecule has 0 aromatic rings. The van der Waals surface area contributed by atoms with Crippen molar-refractivity contribution in [2.24, 2.45) is 22.9 Å². The second-order valence-corrected chi connectivity index (χ2v) is 9.25. The van der Waals surface area contributed by atoms with E-state index < -0.39 is 97.6 Å². The van der Waals surface area contributed by atoms with E-state index in [0.717, 1.165) is 0 Å². The lowest BCUT2D eigenvalue weighted by Crippen LogP contribution is -2.68. The van der Waals surface area contributed by atoms with Gasteiger partial charge < -0.3 is 72.5 Å². The molecule has 15 unspecified atom stereocenters. The highest BCUT2D eigenvalue weighted by atomic mass is 35.5. The molecule has 14 nitrogen and oxygen atoms in total. The van der Waals surface area contributed by atoms with Crippen molar-refractivity contribution in [1.82, 2.24) is 0 Å². The van der Waals surface area contributed by atoms with Gasteiger partial charge in [0.1, 0.15) is 54.9 Å². The van der Waals surface area contributed by atoms with E-state index >= 15 is 0 Å². The van der Waals surface area contributed by atoms with E-state index in [2.05, 4.69) is 0 Å². The monoisotopic (exact) mass is 502 g/mol. The minimum absolute atomic E-state index is 0.0953. The molecule has 14 N–H and O–H groups in total. The molecule has 0 aromatic heterocycles. The Labute approximate surface area is 195 Å². The zero-order valence-corrected chi connectivity index (χ0v) is 18.5. The summed E-state index contributed by atoms with van der Waals surface area (Å²) in [6.07, 6.45) is -14.0. The van der Waals surface area contributed by atoms with E-state index in [1.54, 1.807) is 0 Å². The van der Waals surface area contributed by atoms with E-state index in [1.807, 2.05) is 0 Å². The summed E-state index contributed by atoms with van der Waals surface area (Å²) in [7, 11) is 0. The van der Waals surface area contributed by atoms with Gasteiger partial charge in [0.05, 0.1) is 18.0 Å². The molecule has 0 spiro atoms. The molecule has 1 saturated carbocycles. The SMILES string of the molecule is NCC1OC(OC2C(N)CC(N)C(OC3OC(CO)C(O)C(N)C3O)C2O)C(O)C(Cl)C1O. The molecule has 2 saturated heterocycles. The van der Waals surface area contributed by atoms with E-state index in [-0.39, 0.29) is 13.0 Å². The zero-order chi connectivity index (χ0) is 24.6. The van der Waals surface area contributed by atoms with Crippen LogP contribution in [0.1, 0.15) is 6.42 Å². The van der Waals surface area contributed by atoms with Crippen LogP contribution in [0.15, 0.2) is 0 Å². The fraction of sp³-hybridized carbons (Fsp3) is 1.00. The molecule has 0 amide bonds. The minimum Gasteiger partial charge on any atom is -0.394 e. The molecule has 15 heteroatoms. The van der Waals surface area contributed by atoms with Crippen LogP contribution in [-0.2, 0) is 18.9 Å². The van der Waals surface area contributed by atoms with Crippen molar-refractivity contribution in [1.29, 1.82) is 0 Å². The number of nitrogens with two attached hydrogens (primary N) is 4. The van der Waals surface area contributed by atoms with E-state index in [4.69, 9.17) is 53.5 Å². The molecule has 0 bridgehead atoms. The van der Waals surface area contributed by atoms with Gasteiger partial charge in [-0.05, 0) is 6.42 Å². The van der Waals surface area contributed by atoms with Crippen molar-refractivity contribution in [3.8, 4) is 0 Å². The summed E-state index contributed by atoms with van der Waals surface area (Å²) in [5.41, 5.74) is 23.6. The Balaban J connectivity index is 1.72. The van der Waals surface area contributed by atoms with Crippen LogP contribution in [0, 0.1) is 0 Å². The lowest BCUT2D eigenvalue weighted by Gasteiger charge is -2.48. The largest absolute Gasteiger partial charge is 0.394 e. The van der Waals surface area contributed by atoms with Crippen molar-refractivity contribution in [3.05, 3.63) is 0 Å². The number of aliphatic hydroxyl groups excluding tert-OH is 6. The average molecular weight is 503 g/mol. The van der Waals surface area contributed by atoms with Gasteiger partial charge in [-0.25, -0.2) is 0 Å². The minimum atomic E-state index is -1.48. The first-order valence-electron chi connectivity index (χ1n) is 10.8. The number of hydrogen-bond acceptors (Lipinski definition) is 14. The molecule has 3 fully saturated rings. The third-order valence-corrected chi connectivity index (χ3v) is 6.95. The number of halogens is 1. The molecule has 33 heavy (non-hydrogen) atoms. The molecule has 194 valence electrons. The Morgan fingerprint density at radius 1 is 0.758 bits per heavy atom. The van der Waals surface area contributed by atoms with Crippen molar-refractivity contribution in [3.63, 3.8) is 0 Å². The molecule has 0 radical (unpaired) electrons. The van der Waals surface area contributed by atoms with Gasteiger partial charge in [0.15, 0.2) is 12.6 Å². The van der Waals surface area contributed by atoms with E-state index in [9.17, 15) is 30.6 Å². The maximum Gasteiger partial charge on any atom is 0.186 e. The van der Waals surface area contributed by atoms with Crippen molar-refractivity contribution >= 4 is 11.6 Å². The Bertz CT molecular complexity index is 589. The van der Waals surface area contributed by atoms with Crippen molar-refractivity contribution < 1.29 is 49.6 Å². The van der Waals surface area contributed by atoms with Crippen LogP contribution in [0.3, 0.4) is 0 Å². The maximum atomic E-state index is 11.0. The van der Waals surface area contributed by atoms with Crippen LogP contribution >= 0.6 is 11.6 Å². The lowest BCUT2D eigenvalue weighted by molar-refractivity contribution is -0.321. The third-order valence-electron chi connectivity index (χ3n) is 6.43. The highest BCUT2D eigenvalue weighted by Crippen LogP contribution is 2.32. The molecular formula is C18H35ClN4O10. The Morgan fingerprint density at radius 2 is 1.27 bits per heavy atom. The summed E-state index contributed by atoms with van der Waals surface area (Å²) in [6, 6.07) is -2.79. The second-order valence-electron chi connectivity index (χ2n) is 8.74. The third kappa shape index (κ3) is 5.45. The molecular weight excluding hydrogens is 468 g/mol. The van der Waals surface area contributed by atoms with Gasteiger partial charge in [-0.2, -0.15) is 0 Å². The van der Waals surface area contributed by atoms with Gasteiger partial charge in [-0.1, -0.05) is 0 Å². The van der Waals surface area contributed by atoms with Crippen LogP contribution in [0.4, 0.5) is 0 Å². The van der Waals surface area contributed by atoms with Crippen LogP contribution in [0.2, 0.25) is 0 Å². The van der Waals surface area contributed by atoms with Crippen molar-refractivity contribution in [2.45, 2.75) is 97.4 Å². The average Bonchev–Trinajstić information content (AvgIpc) is 2.79. The highest BCUT2D eigenvalue weighted by Gasteiger charge is 2.51. The Morgan fingerprint density at radius 3 is 1.79 bits per heavy atom. The van der Waals surface area contributed by atoms with Crippen molar-refractivity contribution in [2.75, 3.05) is 13.2 Å². The number of aliphatic hydroxyl groups is 6. The Kier molecular flexibility index (Phi) is 9.27. The molecule has 2 heterocycles. The van der Waals surface area contributed by atoms with Gasteiger partial charge >= 0.3 is 0 Å². The van der Waals surface area contributed by atoms with Gasteiger partial charge in [0.25, 0.3) is 0 Å².